The first-order valence-electron chi connectivity index (χ1n) is 13.0. The van der Waals surface area contributed by atoms with E-state index >= 15 is 0 Å². The van der Waals surface area contributed by atoms with E-state index in [1.165, 1.54) is 0 Å². The fraction of sp³-hybridized carbons (Fsp3) is 0.643. The molecule has 8 heteroatoms. The number of benzene rings is 1. The molecule has 1 N–H and O–H groups in total. The van der Waals surface area contributed by atoms with Crippen molar-refractivity contribution in [3.63, 3.8) is 0 Å². The van der Waals surface area contributed by atoms with Crippen LogP contribution in [0.2, 0.25) is 0 Å². The molecule has 2 aliphatic rings. The van der Waals surface area contributed by atoms with Crippen LogP contribution in [0.1, 0.15) is 91.7 Å². The summed E-state index contributed by atoms with van der Waals surface area (Å²) >= 11 is 0. The minimum absolute atomic E-state index is 0.0803. The van der Waals surface area contributed by atoms with E-state index in [1.807, 2.05) is 65.0 Å². The third kappa shape index (κ3) is 7.36. The standard InChI is InChI=1S/C28H42BNO6/c1-19-16-17-21(29-35-27(5,6)28(7,8)36-29)18-20(19)12-11-15-23(30-25(32)34-26(2,3)4)24(31)33-22-13-9-10-14-22/h11-12,16-18,22-23H,9-10,13-15H2,1-8H3,(H,30,32)/t23-/m0/s1. The number of amides is 1. The molecule has 1 saturated heterocycles. The van der Waals surface area contributed by atoms with E-state index in [2.05, 4.69) is 5.32 Å². The summed E-state index contributed by atoms with van der Waals surface area (Å²) in [6.45, 7) is 15.5. The molecule has 0 unspecified atom stereocenters. The van der Waals surface area contributed by atoms with Crippen LogP contribution in [-0.4, -0.2) is 48.1 Å². The van der Waals surface area contributed by atoms with Crippen molar-refractivity contribution in [2.24, 2.45) is 0 Å². The second-order valence-corrected chi connectivity index (χ2v) is 11.9. The molecule has 0 aromatic heterocycles. The van der Waals surface area contributed by atoms with Gasteiger partial charge in [-0.3, -0.25) is 0 Å². The monoisotopic (exact) mass is 499 g/mol. The zero-order chi connectivity index (χ0) is 26.7. The Bertz CT molecular complexity index is 959. The van der Waals surface area contributed by atoms with Crippen molar-refractivity contribution in [1.29, 1.82) is 0 Å². The topological polar surface area (TPSA) is 83.1 Å². The first kappa shape index (κ1) is 28.3. The van der Waals surface area contributed by atoms with Gasteiger partial charge in [0, 0.05) is 0 Å². The zero-order valence-corrected chi connectivity index (χ0v) is 23.1. The number of aryl methyl sites for hydroxylation is 1. The summed E-state index contributed by atoms with van der Waals surface area (Å²) in [6.07, 6.45) is 7.25. The minimum atomic E-state index is -0.830. The van der Waals surface area contributed by atoms with E-state index in [-0.39, 0.29) is 12.5 Å². The van der Waals surface area contributed by atoms with Gasteiger partial charge in [0.1, 0.15) is 17.7 Å². The minimum Gasteiger partial charge on any atom is -0.461 e. The Morgan fingerprint density at radius 1 is 1.14 bits per heavy atom. The second kappa shape index (κ2) is 11.0. The van der Waals surface area contributed by atoms with Gasteiger partial charge in [-0.25, -0.2) is 9.59 Å². The Hall–Kier alpha value is -2.32. The van der Waals surface area contributed by atoms with Crippen molar-refractivity contribution in [2.75, 3.05) is 0 Å². The maximum Gasteiger partial charge on any atom is 0.494 e. The van der Waals surface area contributed by atoms with Gasteiger partial charge >= 0.3 is 19.2 Å². The molecule has 36 heavy (non-hydrogen) atoms. The molecule has 1 atom stereocenters. The summed E-state index contributed by atoms with van der Waals surface area (Å²) in [5.41, 5.74) is 1.50. The van der Waals surface area contributed by atoms with Gasteiger partial charge in [0.2, 0.25) is 0 Å². The van der Waals surface area contributed by atoms with Crippen molar-refractivity contribution in [3.8, 4) is 0 Å². The van der Waals surface area contributed by atoms with E-state index in [9.17, 15) is 9.59 Å². The maximum atomic E-state index is 12.9. The molecule has 0 spiro atoms. The van der Waals surface area contributed by atoms with Gasteiger partial charge in [0.15, 0.2) is 0 Å². The average molecular weight is 499 g/mol. The van der Waals surface area contributed by atoms with Crippen LogP contribution in [0.25, 0.3) is 6.08 Å². The van der Waals surface area contributed by atoms with Crippen molar-refractivity contribution < 1.29 is 28.4 Å². The molecule has 1 heterocycles. The van der Waals surface area contributed by atoms with Crippen molar-refractivity contribution in [1.82, 2.24) is 5.32 Å². The molecule has 1 aromatic rings. The van der Waals surface area contributed by atoms with Gasteiger partial charge in [-0.2, -0.15) is 0 Å². The fourth-order valence-corrected chi connectivity index (χ4v) is 4.21. The lowest BCUT2D eigenvalue weighted by Gasteiger charge is -2.32. The van der Waals surface area contributed by atoms with Crippen molar-refractivity contribution in [2.45, 2.75) is 116 Å². The largest absolute Gasteiger partial charge is 0.494 e. The molecule has 7 nitrogen and oxygen atoms in total. The van der Waals surface area contributed by atoms with Crippen LogP contribution in [0, 0.1) is 6.92 Å². The van der Waals surface area contributed by atoms with E-state index < -0.39 is 42.0 Å². The Balaban J connectivity index is 1.72. The van der Waals surface area contributed by atoms with Gasteiger partial charge < -0.3 is 24.1 Å². The number of nitrogens with one attached hydrogen (secondary N) is 1. The summed E-state index contributed by atoms with van der Waals surface area (Å²) < 4.78 is 23.4. The smallest absolute Gasteiger partial charge is 0.461 e. The van der Waals surface area contributed by atoms with Crippen LogP contribution in [0.4, 0.5) is 4.79 Å². The van der Waals surface area contributed by atoms with E-state index in [1.54, 1.807) is 20.8 Å². The number of ether oxygens (including phenoxy) is 2. The third-order valence-corrected chi connectivity index (χ3v) is 7.06. The molecule has 0 bridgehead atoms. The van der Waals surface area contributed by atoms with E-state index in [4.69, 9.17) is 18.8 Å². The zero-order valence-electron chi connectivity index (χ0n) is 23.1. The highest BCUT2D eigenvalue weighted by atomic mass is 16.7. The molecule has 1 saturated carbocycles. The predicted molar refractivity (Wildman–Crippen MR) is 142 cm³/mol. The lowest BCUT2D eigenvalue weighted by molar-refractivity contribution is -0.151. The summed E-state index contributed by atoms with van der Waals surface area (Å²) in [4.78, 5) is 25.3. The van der Waals surface area contributed by atoms with Crippen LogP contribution in [-0.2, 0) is 23.6 Å². The van der Waals surface area contributed by atoms with Crippen LogP contribution in [0.5, 0.6) is 0 Å². The third-order valence-electron chi connectivity index (χ3n) is 7.06. The molecule has 0 radical (unpaired) electrons. The Morgan fingerprint density at radius 2 is 1.75 bits per heavy atom. The van der Waals surface area contributed by atoms with Gasteiger partial charge in [0.25, 0.3) is 0 Å². The first-order chi connectivity index (χ1) is 16.7. The quantitative estimate of drug-likeness (QED) is 0.416. The lowest BCUT2D eigenvalue weighted by Crippen LogP contribution is -2.44. The normalized spacial score (nSPS) is 20.5. The van der Waals surface area contributed by atoms with Crippen LogP contribution >= 0.6 is 0 Å². The molecule has 1 amide bonds. The summed E-state index contributed by atoms with van der Waals surface area (Å²) in [5, 5.41) is 2.70. The average Bonchev–Trinajstić information content (AvgIpc) is 3.32. The number of rotatable bonds is 7. The molecule has 198 valence electrons. The highest BCUT2D eigenvalue weighted by Crippen LogP contribution is 2.36. The number of hydrogen-bond acceptors (Lipinski definition) is 6. The fourth-order valence-electron chi connectivity index (χ4n) is 4.21. The van der Waals surface area contributed by atoms with Crippen molar-refractivity contribution in [3.05, 3.63) is 35.4 Å². The molecule has 1 aromatic carbocycles. The number of carbonyl (C=O) groups excluding carboxylic acids is 2. The van der Waals surface area contributed by atoms with Crippen LogP contribution in [0.3, 0.4) is 0 Å². The number of carbonyl (C=O) groups is 2. The number of hydrogen-bond donors (Lipinski definition) is 1. The molecule has 2 fully saturated rings. The number of esters is 1. The molecule has 3 rings (SSSR count). The SMILES string of the molecule is Cc1ccc(B2OC(C)(C)C(C)(C)O2)cc1C=CC[C@H](NC(=O)OC(C)(C)C)C(=O)OC1CCCC1. The summed E-state index contributed by atoms with van der Waals surface area (Å²) in [6, 6.07) is 5.26. The van der Waals surface area contributed by atoms with E-state index in [0.717, 1.165) is 42.3 Å². The van der Waals surface area contributed by atoms with Gasteiger partial charge in [-0.1, -0.05) is 30.4 Å². The predicted octanol–water partition coefficient (Wildman–Crippen LogP) is 5.08. The first-order valence-corrected chi connectivity index (χ1v) is 13.0. The summed E-state index contributed by atoms with van der Waals surface area (Å²) in [7, 11) is -0.453. The Labute approximate surface area is 216 Å². The molecule has 1 aliphatic carbocycles. The number of alkyl carbamates (subject to hydrolysis) is 1. The highest BCUT2D eigenvalue weighted by molar-refractivity contribution is 6.62. The van der Waals surface area contributed by atoms with Crippen LogP contribution in [0.15, 0.2) is 24.3 Å². The van der Waals surface area contributed by atoms with Crippen LogP contribution < -0.4 is 10.8 Å². The second-order valence-electron chi connectivity index (χ2n) is 11.9. The lowest BCUT2D eigenvalue weighted by atomic mass is 9.77. The maximum absolute atomic E-state index is 12.9. The van der Waals surface area contributed by atoms with Gasteiger partial charge in [-0.15, -0.1) is 0 Å². The Kier molecular flexibility index (Phi) is 8.61. The van der Waals surface area contributed by atoms with Gasteiger partial charge in [-0.05, 0) is 104 Å². The molecular formula is C28H42BNO6. The summed E-state index contributed by atoms with van der Waals surface area (Å²) in [5.74, 6) is -0.430. The van der Waals surface area contributed by atoms with Crippen molar-refractivity contribution >= 4 is 30.7 Å². The van der Waals surface area contributed by atoms with Gasteiger partial charge in [0.05, 0.1) is 11.2 Å². The molecular weight excluding hydrogens is 457 g/mol. The molecule has 1 aliphatic heterocycles. The Morgan fingerprint density at radius 3 is 2.33 bits per heavy atom. The highest BCUT2D eigenvalue weighted by Gasteiger charge is 2.51. The van der Waals surface area contributed by atoms with E-state index in [0.29, 0.717) is 0 Å².